The van der Waals surface area contributed by atoms with Gasteiger partial charge in [0.25, 0.3) is 0 Å². The average Bonchev–Trinajstić information content (AvgIpc) is 2.36. The Hall–Kier alpha value is -1.38. The molecule has 1 aliphatic carbocycles. The smallest absolute Gasteiger partial charge is 0.146 e. The maximum atomic E-state index is 9.37. The highest BCUT2D eigenvalue weighted by Crippen LogP contribution is 2.44. The Morgan fingerprint density at radius 2 is 2.20 bits per heavy atom. The molecule has 0 amide bonds. The van der Waals surface area contributed by atoms with Gasteiger partial charge in [-0.2, -0.15) is 0 Å². The predicted octanol–water partition coefficient (Wildman–Crippen LogP) is 2.37. The Bertz CT molecular complexity index is 385. The minimum atomic E-state index is 0.264. The first kappa shape index (κ1) is 8.89. The molecule has 0 bridgehead atoms. The van der Waals surface area contributed by atoms with Crippen LogP contribution < -0.4 is 10.1 Å². The molecular formula is C12H15NO2. The van der Waals surface area contributed by atoms with Gasteiger partial charge in [-0.1, -0.05) is 6.42 Å². The quantitative estimate of drug-likeness (QED) is 0.639. The van der Waals surface area contributed by atoms with Gasteiger partial charge in [-0.25, -0.2) is 0 Å². The number of benzene rings is 1. The Labute approximate surface area is 89.1 Å². The molecular weight excluding hydrogens is 190 g/mol. The molecule has 15 heavy (non-hydrogen) atoms. The van der Waals surface area contributed by atoms with Gasteiger partial charge in [0.15, 0.2) is 0 Å². The second-order valence-corrected chi connectivity index (χ2v) is 4.68. The van der Waals surface area contributed by atoms with Gasteiger partial charge in [0.05, 0.1) is 12.3 Å². The van der Waals surface area contributed by atoms with Crippen LogP contribution >= 0.6 is 0 Å². The van der Waals surface area contributed by atoms with Crippen LogP contribution in [0.15, 0.2) is 18.2 Å². The fraction of sp³-hybridized carbons (Fsp3) is 0.500. The van der Waals surface area contributed by atoms with E-state index >= 15 is 0 Å². The van der Waals surface area contributed by atoms with Gasteiger partial charge in [-0.3, -0.25) is 0 Å². The number of hydrogen-bond donors (Lipinski definition) is 2. The third kappa shape index (κ3) is 1.42. The number of aromatic hydroxyl groups is 1. The van der Waals surface area contributed by atoms with Crippen LogP contribution in [0.4, 0.5) is 5.69 Å². The zero-order valence-electron chi connectivity index (χ0n) is 8.62. The third-order valence-electron chi connectivity index (χ3n) is 3.57. The second-order valence-electron chi connectivity index (χ2n) is 4.68. The Balaban J connectivity index is 1.88. The lowest BCUT2D eigenvalue weighted by Crippen LogP contribution is -2.40. The summed E-state index contributed by atoms with van der Waals surface area (Å²) in [5.41, 5.74) is 1.34. The molecule has 3 nitrogen and oxygen atoms in total. The summed E-state index contributed by atoms with van der Waals surface area (Å²) < 4.78 is 5.76. The summed E-state index contributed by atoms with van der Waals surface area (Å²) in [5, 5.41) is 12.8. The van der Waals surface area contributed by atoms with Crippen LogP contribution in [0.2, 0.25) is 0 Å². The molecule has 1 aliphatic heterocycles. The van der Waals surface area contributed by atoms with Gasteiger partial charge < -0.3 is 15.2 Å². The van der Waals surface area contributed by atoms with E-state index in [-0.39, 0.29) is 5.75 Å². The van der Waals surface area contributed by atoms with E-state index in [0.717, 1.165) is 24.6 Å². The number of anilines is 1. The lowest BCUT2D eigenvalue weighted by atomic mass is 9.69. The van der Waals surface area contributed by atoms with Crippen molar-refractivity contribution in [2.24, 2.45) is 5.41 Å². The molecule has 1 saturated carbocycles. The lowest BCUT2D eigenvalue weighted by Gasteiger charge is -2.40. The number of phenolic OH excluding ortho intramolecular Hbond substituents is 1. The molecule has 80 valence electrons. The molecule has 3 heteroatoms. The molecule has 0 saturated heterocycles. The largest absolute Gasteiger partial charge is 0.508 e. The summed E-state index contributed by atoms with van der Waals surface area (Å²) in [4.78, 5) is 0. The number of fused-ring (bicyclic) bond motifs is 1. The fourth-order valence-electron chi connectivity index (χ4n) is 2.34. The molecule has 0 atom stereocenters. The molecule has 1 spiro atoms. The first-order valence-corrected chi connectivity index (χ1v) is 5.47. The van der Waals surface area contributed by atoms with Crippen LogP contribution in [0.1, 0.15) is 19.3 Å². The van der Waals surface area contributed by atoms with E-state index in [1.807, 2.05) is 6.07 Å². The van der Waals surface area contributed by atoms with Crippen LogP contribution in [0, 0.1) is 5.41 Å². The SMILES string of the molecule is Oc1ccc2c(c1)OCC1(CCC1)CN2. The highest BCUT2D eigenvalue weighted by Gasteiger charge is 2.39. The normalized spacial score (nSPS) is 21.9. The van der Waals surface area contributed by atoms with E-state index in [4.69, 9.17) is 4.74 Å². The van der Waals surface area contributed by atoms with Crippen molar-refractivity contribution in [3.05, 3.63) is 18.2 Å². The van der Waals surface area contributed by atoms with Crippen molar-refractivity contribution in [2.45, 2.75) is 19.3 Å². The number of phenols is 1. The summed E-state index contributed by atoms with van der Waals surface area (Å²) in [7, 11) is 0. The van der Waals surface area contributed by atoms with E-state index in [0.29, 0.717) is 5.41 Å². The fourth-order valence-corrected chi connectivity index (χ4v) is 2.34. The summed E-state index contributed by atoms with van der Waals surface area (Å²) >= 11 is 0. The highest BCUT2D eigenvalue weighted by atomic mass is 16.5. The molecule has 3 rings (SSSR count). The molecule has 0 aromatic heterocycles. The molecule has 2 N–H and O–H groups in total. The maximum Gasteiger partial charge on any atom is 0.146 e. The first-order chi connectivity index (χ1) is 7.27. The van der Waals surface area contributed by atoms with Crippen molar-refractivity contribution >= 4 is 5.69 Å². The van der Waals surface area contributed by atoms with E-state index < -0.39 is 0 Å². The molecule has 1 aromatic carbocycles. The molecule has 1 fully saturated rings. The van der Waals surface area contributed by atoms with E-state index in [1.54, 1.807) is 12.1 Å². The second kappa shape index (κ2) is 3.05. The van der Waals surface area contributed by atoms with Crippen LogP contribution in [-0.4, -0.2) is 18.3 Å². The molecule has 2 aliphatic rings. The minimum absolute atomic E-state index is 0.264. The van der Waals surface area contributed by atoms with E-state index in [2.05, 4.69) is 5.32 Å². The minimum Gasteiger partial charge on any atom is -0.508 e. The summed E-state index contributed by atoms with van der Waals surface area (Å²) in [6.07, 6.45) is 3.81. The summed E-state index contributed by atoms with van der Waals surface area (Å²) in [6.45, 7) is 1.77. The predicted molar refractivity (Wildman–Crippen MR) is 58.4 cm³/mol. The lowest BCUT2D eigenvalue weighted by molar-refractivity contribution is 0.0765. The number of hydrogen-bond acceptors (Lipinski definition) is 3. The Kier molecular flexibility index (Phi) is 1.81. The van der Waals surface area contributed by atoms with Crippen LogP contribution in [0.25, 0.3) is 0 Å². The van der Waals surface area contributed by atoms with Crippen molar-refractivity contribution in [1.29, 1.82) is 0 Å². The summed E-state index contributed by atoms with van der Waals surface area (Å²) in [5.74, 6) is 1.04. The Morgan fingerprint density at radius 3 is 2.93 bits per heavy atom. The van der Waals surface area contributed by atoms with Crippen LogP contribution in [0.3, 0.4) is 0 Å². The van der Waals surface area contributed by atoms with Gasteiger partial charge in [-0.15, -0.1) is 0 Å². The first-order valence-electron chi connectivity index (χ1n) is 5.47. The molecule has 0 radical (unpaired) electrons. The zero-order chi connectivity index (χ0) is 10.3. The van der Waals surface area contributed by atoms with Gasteiger partial charge >= 0.3 is 0 Å². The van der Waals surface area contributed by atoms with Gasteiger partial charge in [-0.05, 0) is 25.0 Å². The maximum absolute atomic E-state index is 9.37. The topological polar surface area (TPSA) is 41.5 Å². The van der Waals surface area contributed by atoms with E-state index in [9.17, 15) is 5.11 Å². The number of rotatable bonds is 0. The van der Waals surface area contributed by atoms with Crippen molar-refractivity contribution < 1.29 is 9.84 Å². The van der Waals surface area contributed by atoms with Gasteiger partial charge in [0.2, 0.25) is 0 Å². The molecule has 0 unspecified atom stereocenters. The van der Waals surface area contributed by atoms with Crippen LogP contribution in [0.5, 0.6) is 11.5 Å². The van der Waals surface area contributed by atoms with Crippen molar-refractivity contribution in [3.63, 3.8) is 0 Å². The van der Waals surface area contributed by atoms with Gasteiger partial charge in [0.1, 0.15) is 11.5 Å². The van der Waals surface area contributed by atoms with Crippen LogP contribution in [-0.2, 0) is 0 Å². The zero-order valence-corrected chi connectivity index (χ0v) is 8.62. The number of nitrogens with one attached hydrogen (secondary N) is 1. The summed E-state index contributed by atoms with van der Waals surface area (Å²) in [6, 6.07) is 5.25. The van der Waals surface area contributed by atoms with Crippen molar-refractivity contribution in [3.8, 4) is 11.5 Å². The van der Waals surface area contributed by atoms with Crippen molar-refractivity contribution in [2.75, 3.05) is 18.5 Å². The Morgan fingerprint density at radius 1 is 1.33 bits per heavy atom. The molecule has 1 aromatic rings. The van der Waals surface area contributed by atoms with Crippen molar-refractivity contribution in [1.82, 2.24) is 0 Å². The molecule has 1 heterocycles. The standard InChI is InChI=1S/C12H15NO2/c14-9-2-3-10-11(6-9)15-8-12(7-13-10)4-1-5-12/h2-3,6,13-14H,1,4-5,7-8H2. The number of ether oxygens (including phenoxy) is 1. The third-order valence-corrected chi connectivity index (χ3v) is 3.57. The highest BCUT2D eigenvalue weighted by molar-refractivity contribution is 5.59. The van der Waals surface area contributed by atoms with E-state index in [1.165, 1.54) is 19.3 Å². The monoisotopic (exact) mass is 205 g/mol. The van der Waals surface area contributed by atoms with Gasteiger partial charge in [0, 0.05) is 18.0 Å². The average molecular weight is 205 g/mol.